The van der Waals surface area contributed by atoms with Crippen molar-refractivity contribution >= 4 is 23.4 Å². The molecule has 4 N–H and O–H groups in total. The molecule has 1 aromatic rings. The van der Waals surface area contributed by atoms with Crippen LogP contribution in [0.2, 0.25) is 0 Å². The minimum atomic E-state index is -0.842. The van der Waals surface area contributed by atoms with Crippen LogP contribution in [0.3, 0.4) is 0 Å². The van der Waals surface area contributed by atoms with Gasteiger partial charge in [-0.05, 0) is 45.6 Å². The van der Waals surface area contributed by atoms with Crippen molar-refractivity contribution in [2.45, 2.75) is 106 Å². The van der Waals surface area contributed by atoms with Crippen LogP contribution in [-0.4, -0.2) is 71.9 Å². The Hall–Kier alpha value is -3.61. The summed E-state index contributed by atoms with van der Waals surface area (Å²) in [4.78, 5) is 27.8. The fourth-order valence-corrected chi connectivity index (χ4v) is 6.43. The first-order chi connectivity index (χ1) is 24.9. The molecule has 1 aromatic heterocycles. The number of ether oxygens (including phenoxy) is 3. The highest BCUT2D eigenvalue weighted by Gasteiger charge is 2.25. The van der Waals surface area contributed by atoms with E-state index in [0.717, 1.165) is 22.3 Å². The van der Waals surface area contributed by atoms with Gasteiger partial charge in [-0.25, -0.2) is 9.78 Å². The molecule has 0 aliphatic heterocycles. The van der Waals surface area contributed by atoms with Gasteiger partial charge in [0.15, 0.2) is 6.10 Å². The van der Waals surface area contributed by atoms with Gasteiger partial charge >= 0.3 is 12.1 Å². The van der Waals surface area contributed by atoms with E-state index in [2.05, 4.69) is 15.0 Å². The van der Waals surface area contributed by atoms with E-state index in [1.807, 2.05) is 98.8 Å². The summed E-state index contributed by atoms with van der Waals surface area (Å²) in [5, 5.41) is 37.6. The normalized spacial score (nSPS) is 18.3. The van der Waals surface area contributed by atoms with Gasteiger partial charge in [0.05, 0.1) is 37.5 Å². The van der Waals surface area contributed by atoms with Gasteiger partial charge in [0.25, 0.3) is 0 Å². The van der Waals surface area contributed by atoms with Gasteiger partial charge in [0, 0.05) is 37.3 Å². The number of aliphatic hydroxyl groups is 3. The van der Waals surface area contributed by atoms with E-state index >= 15 is 0 Å². The van der Waals surface area contributed by atoms with Crippen LogP contribution in [0.4, 0.5) is 4.79 Å². The fraction of sp³-hybridized carbons (Fsp3) is 0.548. The molecule has 0 aliphatic rings. The number of methoxy groups -OCH3 is 2. The molecule has 53 heavy (non-hydrogen) atoms. The van der Waals surface area contributed by atoms with E-state index in [1.165, 1.54) is 25.5 Å². The molecule has 0 fully saturated rings. The lowest BCUT2D eigenvalue weighted by molar-refractivity contribution is -0.139. The van der Waals surface area contributed by atoms with Crippen molar-refractivity contribution in [3.63, 3.8) is 0 Å². The van der Waals surface area contributed by atoms with E-state index in [0.29, 0.717) is 23.0 Å². The predicted molar refractivity (Wildman–Crippen MR) is 214 cm³/mol. The number of alkyl carbamates (subject to hydrolysis) is 1. The smallest absolute Gasteiger partial charge is 0.407 e. The van der Waals surface area contributed by atoms with Crippen LogP contribution in [0.15, 0.2) is 88.4 Å². The number of esters is 1. The van der Waals surface area contributed by atoms with Crippen LogP contribution < -0.4 is 5.32 Å². The zero-order valence-electron chi connectivity index (χ0n) is 33.7. The zero-order valence-corrected chi connectivity index (χ0v) is 34.5. The zero-order chi connectivity index (χ0) is 40.2. The fourth-order valence-electron chi connectivity index (χ4n) is 5.54. The Morgan fingerprint density at radius 1 is 0.906 bits per heavy atom. The number of carbonyl (C=O) groups excluding carboxylic acids is 2. The topological polar surface area (TPSA) is 147 Å². The maximum absolute atomic E-state index is 11.9. The molecule has 1 heterocycles. The SMILES string of the molecule is CNC(=O)O[C@@H](CC(C)C)c1nc([C@@H](O)[C@@H](C)/C=C/C=C(\C)[C@@H](OC)[C@@H](C)[C@H](O)/C=C/C(C)=C\C(C)=C/[C@H](C)[C@H](O)/C=C(C)/C=C/CC(=O)OC)cs1. The summed E-state index contributed by atoms with van der Waals surface area (Å²) in [6.07, 6.45) is 15.7. The molecule has 296 valence electrons. The van der Waals surface area contributed by atoms with Gasteiger partial charge in [0.1, 0.15) is 11.1 Å². The summed E-state index contributed by atoms with van der Waals surface area (Å²) in [7, 11) is 4.49. The Bertz CT molecular complexity index is 1500. The Morgan fingerprint density at radius 2 is 1.58 bits per heavy atom. The van der Waals surface area contributed by atoms with Crippen molar-refractivity contribution in [1.29, 1.82) is 0 Å². The first-order valence-electron chi connectivity index (χ1n) is 18.2. The lowest BCUT2D eigenvalue weighted by atomic mass is 9.91. The average Bonchev–Trinajstić information content (AvgIpc) is 3.60. The lowest BCUT2D eigenvalue weighted by Crippen LogP contribution is -2.30. The number of thiazole rings is 1. The lowest BCUT2D eigenvalue weighted by Gasteiger charge is -2.26. The molecule has 0 aliphatic carbocycles. The van der Waals surface area contributed by atoms with E-state index < -0.39 is 30.5 Å². The molecule has 0 saturated heterocycles. The second-order valence-corrected chi connectivity index (χ2v) is 15.0. The third kappa shape index (κ3) is 17.8. The third-order valence-corrected chi connectivity index (χ3v) is 9.61. The highest BCUT2D eigenvalue weighted by atomic mass is 32.1. The molecular weight excluding hydrogens is 693 g/mol. The van der Waals surface area contributed by atoms with Crippen LogP contribution >= 0.6 is 11.3 Å². The number of allylic oxidation sites excluding steroid dienone is 8. The van der Waals surface area contributed by atoms with Crippen molar-refractivity contribution in [2.75, 3.05) is 21.3 Å². The highest BCUT2D eigenvalue weighted by molar-refractivity contribution is 7.09. The third-order valence-electron chi connectivity index (χ3n) is 8.65. The molecule has 0 spiro atoms. The minimum Gasteiger partial charge on any atom is -0.469 e. The molecule has 11 heteroatoms. The largest absolute Gasteiger partial charge is 0.469 e. The maximum atomic E-state index is 11.9. The van der Waals surface area contributed by atoms with Crippen molar-refractivity contribution in [1.82, 2.24) is 10.3 Å². The predicted octanol–water partition coefficient (Wildman–Crippen LogP) is 8.28. The van der Waals surface area contributed by atoms with Gasteiger partial charge in [-0.1, -0.05) is 112 Å². The van der Waals surface area contributed by atoms with E-state index in [9.17, 15) is 24.9 Å². The molecule has 0 saturated carbocycles. The van der Waals surface area contributed by atoms with Gasteiger partial charge in [-0.15, -0.1) is 11.3 Å². The molecule has 0 unspecified atom stereocenters. The molecule has 0 aromatic carbocycles. The molecule has 1 amide bonds. The van der Waals surface area contributed by atoms with Crippen molar-refractivity contribution in [3.8, 4) is 0 Å². The van der Waals surface area contributed by atoms with Crippen molar-refractivity contribution in [2.24, 2.45) is 23.7 Å². The molecule has 0 radical (unpaired) electrons. The Labute approximate surface area is 321 Å². The van der Waals surface area contributed by atoms with Crippen LogP contribution in [0.1, 0.15) is 98.1 Å². The number of hydrogen-bond donors (Lipinski definition) is 4. The highest BCUT2D eigenvalue weighted by Crippen LogP contribution is 2.32. The number of carbonyl (C=O) groups is 2. The van der Waals surface area contributed by atoms with E-state index in [-0.39, 0.29) is 36.2 Å². The first-order valence-corrected chi connectivity index (χ1v) is 19.0. The Morgan fingerprint density at radius 3 is 2.19 bits per heavy atom. The molecule has 1 rings (SSSR count). The molecule has 0 bridgehead atoms. The monoisotopic (exact) mass is 756 g/mol. The van der Waals surface area contributed by atoms with E-state index in [1.54, 1.807) is 36.8 Å². The Kier molecular flexibility index (Phi) is 22.1. The average molecular weight is 757 g/mol. The van der Waals surface area contributed by atoms with Crippen molar-refractivity contribution in [3.05, 3.63) is 99.1 Å². The number of nitrogens with zero attached hydrogens (tertiary/aromatic N) is 1. The van der Waals surface area contributed by atoms with Crippen LogP contribution in [-0.2, 0) is 19.0 Å². The molecule has 8 atom stereocenters. The van der Waals surface area contributed by atoms with Crippen molar-refractivity contribution < 1.29 is 39.1 Å². The first kappa shape index (κ1) is 47.4. The number of aromatic nitrogens is 1. The maximum Gasteiger partial charge on any atom is 0.407 e. The summed E-state index contributed by atoms with van der Waals surface area (Å²) in [5.74, 6) is -0.656. The standard InChI is InChI=1S/C42H64N2O8S/c1-26(2)21-37(52-42(49)43-10)41-44-34(25-53-41)39(48)30(6)16-14-17-31(7)40(51-12)33(9)35(45)20-19-28(4)22-29(5)23-32(8)36(46)24-27(3)15-13-18-38(47)50-11/h13-17,19-20,22-26,30,32-33,35-37,39-40,45-46,48H,18,21H2,1-12H3,(H,43,49)/b15-13+,16-14+,20-19+,27-24+,28-22-,29-23-,31-17+/t30-,32-,33-,35+,36+,37-,39-,40+/m0/s1. The number of aliphatic hydroxyl groups excluding tert-OH is 3. The second kappa shape index (κ2) is 24.7. The number of nitrogens with one attached hydrogen (secondary N) is 1. The summed E-state index contributed by atoms with van der Waals surface area (Å²) in [5.41, 5.74) is 4.23. The quantitative estimate of drug-likeness (QED) is 0.0719. The number of amides is 1. The van der Waals surface area contributed by atoms with E-state index in [4.69, 9.17) is 9.47 Å². The second-order valence-electron chi connectivity index (χ2n) is 14.1. The number of rotatable bonds is 21. The van der Waals surface area contributed by atoms with Crippen LogP contribution in [0.25, 0.3) is 0 Å². The van der Waals surface area contributed by atoms with Gasteiger partial charge < -0.3 is 34.8 Å². The summed E-state index contributed by atoms with van der Waals surface area (Å²) < 4.78 is 16.0. The summed E-state index contributed by atoms with van der Waals surface area (Å²) in [6, 6.07) is 0. The molecular formula is C42H64N2O8S. The molecule has 10 nitrogen and oxygen atoms in total. The van der Waals surface area contributed by atoms with Crippen LogP contribution in [0, 0.1) is 23.7 Å². The summed E-state index contributed by atoms with van der Waals surface area (Å²) >= 11 is 1.37. The van der Waals surface area contributed by atoms with Gasteiger partial charge in [-0.3, -0.25) is 4.79 Å². The summed E-state index contributed by atoms with van der Waals surface area (Å²) in [6.45, 7) is 17.6. The van der Waals surface area contributed by atoms with Crippen LogP contribution in [0.5, 0.6) is 0 Å². The number of hydrogen-bond acceptors (Lipinski definition) is 10. The minimum absolute atomic E-state index is 0.140. The van der Waals surface area contributed by atoms with Gasteiger partial charge in [-0.2, -0.15) is 0 Å². The Balaban J connectivity index is 2.89. The van der Waals surface area contributed by atoms with Gasteiger partial charge in [0.2, 0.25) is 0 Å².